The molecule has 1 N–H and O–H groups in total. The summed E-state index contributed by atoms with van der Waals surface area (Å²) in [7, 11) is 0. The van der Waals surface area contributed by atoms with Gasteiger partial charge in [0.25, 0.3) is 0 Å². The maximum absolute atomic E-state index is 12.5. The quantitative estimate of drug-likeness (QED) is 0.787. The monoisotopic (exact) mass is 321 g/mol. The van der Waals surface area contributed by atoms with Crippen LogP contribution in [0.4, 0.5) is 0 Å². The van der Waals surface area contributed by atoms with Crippen molar-refractivity contribution < 1.29 is 4.79 Å². The molecular weight excluding hydrogens is 302 g/mol. The first-order chi connectivity index (χ1) is 11.8. The number of hydrogen-bond donors (Lipinski definition) is 1. The molecule has 6 heteroatoms. The number of carbonyl (C=O) groups is 1. The number of aromatic nitrogens is 4. The zero-order chi connectivity index (χ0) is 16.1. The fourth-order valence-corrected chi connectivity index (χ4v) is 3.90. The summed E-state index contributed by atoms with van der Waals surface area (Å²) in [6.07, 6.45) is 9.58. The first kappa shape index (κ1) is 13.9. The number of likely N-dealkylation sites (tertiary alicyclic amines) is 1. The number of H-pyrrole nitrogens is 1. The number of nitrogens with one attached hydrogen (secondary N) is 1. The van der Waals surface area contributed by atoms with Gasteiger partial charge in [-0.05, 0) is 31.7 Å². The molecule has 3 aromatic rings. The predicted molar refractivity (Wildman–Crippen MR) is 90.5 cm³/mol. The summed E-state index contributed by atoms with van der Waals surface area (Å²) in [5, 5.41) is 2.14. The minimum absolute atomic E-state index is 0.289. The van der Waals surface area contributed by atoms with Crippen LogP contribution in [-0.4, -0.2) is 43.8 Å². The van der Waals surface area contributed by atoms with E-state index in [1.54, 1.807) is 18.7 Å². The Bertz CT molecular complexity index is 929. The first-order valence-corrected chi connectivity index (χ1v) is 8.67. The minimum Gasteiger partial charge on any atom is -0.349 e. The summed E-state index contributed by atoms with van der Waals surface area (Å²) in [6, 6.07) is 2.00. The summed E-state index contributed by atoms with van der Waals surface area (Å²) >= 11 is 0. The Morgan fingerprint density at radius 1 is 1.21 bits per heavy atom. The van der Waals surface area contributed by atoms with Gasteiger partial charge < -0.3 is 9.88 Å². The topological polar surface area (TPSA) is 74.8 Å². The smallest absolute Gasteiger partial charge is 0.225 e. The van der Waals surface area contributed by atoms with E-state index in [-0.39, 0.29) is 5.92 Å². The van der Waals surface area contributed by atoms with Crippen molar-refractivity contribution in [3.63, 3.8) is 0 Å². The highest BCUT2D eigenvalue weighted by molar-refractivity contribution is 6.04. The van der Waals surface area contributed by atoms with Crippen LogP contribution in [0.2, 0.25) is 0 Å². The number of piperidine rings is 1. The van der Waals surface area contributed by atoms with Gasteiger partial charge in [-0.25, -0.2) is 15.0 Å². The van der Waals surface area contributed by atoms with Crippen LogP contribution in [0.1, 0.15) is 37.3 Å². The molecule has 1 aliphatic carbocycles. The molecule has 4 heterocycles. The summed E-state index contributed by atoms with van der Waals surface area (Å²) in [4.78, 5) is 31.0. The maximum Gasteiger partial charge on any atom is 0.225 e. The summed E-state index contributed by atoms with van der Waals surface area (Å²) in [5.74, 6) is 0.949. The molecule has 0 radical (unpaired) electrons. The highest BCUT2D eigenvalue weighted by Crippen LogP contribution is 2.36. The van der Waals surface area contributed by atoms with Gasteiger partial charge in [0.05, 0.1) is 18.0 Å². The van der Waals surface area contributed by atoms with E-state index in [0.717, 1.165) is 66.4 Å². The van der Waals surface area contributed by atoms with Gasteiger partial charge in [0.15, 0.2) is 5.65 Å². The molecule has 1 saturated heterocycles. The largest absolute Gasteiger partial charge is 0.349 e. The molecule has 3 aromatic heterocycles. The van der Waals surface area contributed by atoms with Gasteiger partial charge in [-0.1, -0.05) is 0 Å². The normalized spacial score (nSPS) is 21.5. The Labute approximate surface area is 139 Å². The van der Waals surface area contributed by atoms with Gasteiger partial charge >= 0.3 is 0 Å². The molecular formula is C18H19N5O. The van der Waals surface area contributed by atoms with Crippen molar-refractivity contribution in [2.24, 2.45) is 5.92 Å². The van der Waals surface area contributed by atoms with Crippen molar-refractivity contribution in [2.45, 2.75) is 31.6 Å². The average Bonchev–Trinajstić information content (AvgIpc) is 3.37. The van der Waals surface area contributed by atoms with Gasteiger partial charge in [-0.3, -0.25) is 4.79 Å². The predicted octanol–water partition coefficient (Wildman–Crippen LogP) is 2.62. The maximum atomic E-state index is 12.5. The van der Waals surface area contributed by atoms with Crippen LogP contribution in [-0.2, 0) is 4.79 Å². The third kappa shape index (κ3) is 2.17. The number of carbonyl (C=O) groups excluding carboxylic acids is 1. The molecule has 5 rings (SSSR count). The Balaban J connectivity index is 1.58. The van der Waals surface area contributed by atoms with Crippen molar-refractivity contribution in [3.8, 4) is 0 Å². The zero-order valence-corrected chi connectivity index (χ0v) is 13.4. The second-order valence-corrected chi connectivity index (χ2v) is 6.91. The third-order valence-electron chi connectivity index (χ3n) is 5.27. The molecule has 1 atom stereocenters. The van der Waals surface area contributed by atoms with Crippen molar-refractivity contribution in [1.82, 2.24) is 24.8 Å². The molecule has 1 unspecified atom stereocenters. The highest BCUT2D eigenvalue weighted by Gasteiger charge is 2.36. The second kappa shape index (κ2) is 5.26. The van der Waals surface area contributed by atoms with Gasteiger partial charge in [-0.2, -0.15) is 0 Å². The number of rotatable bonds is 2. The number of fused-ring (bicyclic) bond motifs is 3. The Morgan fingerprint density at radius 2 is 2.12 bits per heavy atom. The zero-order valence-electron chi connectivity index (χ0n) is 13.4. The summed E-state index contributed by atoms with van der Waals surface area (Å²) in [6.45, 7) is 1.69. The molecule has 0 bridgehead atoms. The molecule has 0 spiro atoms. The summed E-state index contributed by atoms with van der Waals surface area (Å²) in [5.41, 5.74) is 2.80. The summed E-state index contributed by atoms with van der Waals surface area (Å²) < 4.78 is 0. The fraction of sp³-hybridized carbons (Fsp3) is 0.444. The Kier molecular flexibility index (Phi) is 3.04. The second-order valence-electron chi connectivity index (χ2n) is 6.91. The van der Waals surface area contributed by atoms with Crippen LogP contribution in [0.15, 0.2) is 24.8 Å². The Morgan fingerprint density at radius 3 is 3.00 bits per heavy atom. The van der Waals surface area contributed by atoms with E-state index in [1.165, 1.54) is 0 Å². The van der Waals surface area contributed by atoms with Gasteiger partial charge in [-0.15, -0.1) is 0 Å². The van der Waals surface area contributed by atoms with E-state index < -0.39 is 0 Å². The number of amides is 1. The fourth-order valence-electron chi connectivity index (χ4n) is 3.90. The van der Waals surface area contributed by atoms with Crippen LogP contribution in [0.25, 0.3) is 21.9 Å². The van der Waals surface area contributed by atoms with Crippen LogP contribution in [0, 0.1) is 5.92 Å². The van der Waals surface area contributed by atoms with Crippen LogP contribution < -0.4 is 0 Å². The van der Waals surface area contributed by atoms with E-state index >= 15 is 0 Å². The number of pyridine rings is 1. The van der Waals surface area contributed by atoms with Crippen LogP contribution in [0.5, 0.6) is 0 Å². The van der Waals surface area contributed by atoms with E-state index in [4.69, 9.17) is 0 Å². The molecule has 1 aliphatic heterocycles. The van der Waals surface area contributed by atoms with Crippen LogP contribution in [0.3, 0.4) is 0 Å². The third-order valence-corrected chi connectivity index (χ3v) is 5.27. The van der Waals surface area contributed by atoms with Gasteiger partial charge in [0, 0.05) is 47.6 Å². The molecule has 1 saturated carbocycles. The first-order valence-electron chi connectivity index (χ1n) is 8.67. The van der Waals surface area contributed by atoms with Crippen molar-refractivity contribution in [2.75, 3.05) is 13.1 Å². The molecule has 2 fully saturated rings. The minimum atomic E-state index is 0.289. The van der Waals surface area contributed by atoms with E-state index in [1.807, 2.05) is 6.07 Å². The van der Waals surface area contributed by atoms with Crippen molar-refractivity contribution >= 4 is 27.8 Å². The SMILES string of the molecule is O=C(C1CC1)N1CCCC(c2[nH]cnc3cnc4nccc4c23)C1. The lowest BCUT2D eigenvalue weighted by Crippen LogP contribution is -2.40. The van der Waals surface area contributed by atoms with E-state index in [2.05, 4.69) is 24.8 Å². The molecule has 122 valence electrons. The Hall–Kier alpha value is -2.50. The van der Waals surface area contributed by atoms with Gasteiger partial charge in [0.1, 0.15) is 0 Å². The van der Waals surface area contributed by atoms with Crippen LogP contribution >= 0.6 is 0 Å². The average molecular weight is 321 g/mol. The molecule has 0 aromatic carbocycles. The van der Waals surface area contributed by atoms with E-state index in [0.29, 0.717) is 11.8 Å². The van der Waals surface area contributed by atoms with E-state index in [9.17, 15) is 4.79 Å². The molecule has 2 aliphatic rings. The highest BCUT2D eigenvalue weighted by atomic mass is 16.2. The van der Waals surface area contributed by atoms with Crippen molar-refractivity contribution in [3.05, 3.63) is 30.5 Å². The molecule has 24 heavy (non-hydrogen) atoms. The number of aromatic amines is 1. The molecule has 6 nitrogen and oxygen atoms in total. The number of hydrogen-bond acceptors (Lipinski definition) is 4. The lowest BCUT2D eigenvalue weighted by molar-refractivity contribution is -0.133. The lowest BCUT2D eigenvalue weighted by Gasteiger charge is -2.33. The van der Waals surface area contributed by atoms with Crippen molar-refractivity contribution in [1.29, 1.82) is 0 Å². The molecule has 1 amide bonds. The van der Waals surface area contributed by atoms with Gasteiger partial charge in [0.2, 0.25) is 5.91 Å². The number of nitrogens with zero attached hydrogens (tertiary/aromatic N) is 4. The standard InChI is InChI=1S/C18H19N5O/c24-18(11-3-4-11)23-7-1-2-12(9-23)16-15-13-5-6-19-17(13)20-8-14(15)21-10-22-16/h5-6,8,10-12H,1-4,7,9H2,(H,21,22). The lowest BCUT2D eigenvalue weighted by atomic mass is 9.91.